The molecule has 3 heterocycles. The van der Waals surface area contributed by atoms with E-state index >= 15 is 0 Å². The maximum atomic E-state index is 13.4. The number of hydrogen-bond donors (Lipinski definition) is 3. The Balaban J connectivity index is 1.72. The average Bonchev–Trinajstić information content (AvgIpc) is 3.49. The summed E-state index contributed by atoms with van der Waals surface area (Å²) in [6.07, 6.45) is 4.75. The molecule has 34 heavy (non-hydrogen) atoms. The molecule has 9 heteroatoms. The van der Waals surface area contributed by atoms with Crippen molar-refractivity contribution in [1.82, 2.24) is 9.88 Å². The number of methoxy groups -OCH3 is 1. The molecule has 2 amide bonds. The number of aliphatic imine (C=N–C) groups is 1. The molecule has 1 aromatic heterocycles. The van der Waals surface area contributed by atoms with E-state index in [4.69, 9.17) is 15.9 Å². The molecule has 1 atom stereocenters. The van der Waals surface area contributed by atoms with Crippen LogP contribution in [0.25, 0.3) is 16.6 Å². The van der Waals surface area contributed by atoms with E-state index in [-0.39, 0.29) is 5.17 Å². The number of nitrogens with one attached hydrogen (secondary N) is 2. The van der Waals surface area contributed by atoms with Crippen LogP contribution in [0.5, 0.6) is 5.75 Å². The summed E-state index contributed by atoms with van der Waals surface area (Å²) in [7, 11) is 1.59. The van der Waals surface area contributed by atoms with Gasteiger partial charge in [0.05, 0.1) is 29.3 Å². The summed E-state index contributed by atoms with van der Waals surface area (Å²) in [5, 5.41) is 11.0. The number of thioether (sulfide) groups is 1. The number of aromatic nitrogens is 1. The third kappa shape index (κ3) is 3.49. The van der Waals surface area contributed by atoms with Crippen molar-refractivity contribution < 1.29 is 14.3 Å². The molecule has 1 unspecified atom stereocenters. The van der Waals surface area contributed by atoms with Gasteiger partial charge in [0.1, 0.15) is 11.4 Å². The lowest BCUT2D eigenvalue weighted by Gasteiger charge is -2.29. The van der Waals surface area contributed by atoms with Gasteiger partial charge >= 0.3 is 0 Å². The second kappa shape index (κ2) is 8.49. The molecule has 0 aliphatic carbocycles. The minimum Gasteiger partial charge on any atom is -0.497 e. The van der Waals surface area contributed by atoms with Gasteiger partial charge in [-0.05, 0) is 54.1 Å². The first kappa shape index (κ1) is 22.0. The first-order valence-electron chi connectivity index (χ1n) is 10.8. The number of nitrogens with zero attached hydrogens (tertiary/aromatic N) is 2. The Morgan fingerprint density at radius 3 is 2.82 bits per heavy atom. The number of amides is 2. The van der Waals surface area contributed by atoms with Crippen LogP contribution < -0.4 is 15.8 Å². The Morgan fingerprint density at radius 2 is 2.03 bits per heavy atom. The molecule has 5 rings (SSSR count). The van der Waals surface area contributed by atoms with Crippen molar-refractivity contribution in [2.45, 2.75) is 18.3 Å². The Labute approximate surface area is 200 Å². The first-order chi connectivity index (χ1) is 16.4. The van der Waals surface area contributed by atoms with Gasteiger partial charge in [0.2, 0.25) is 0 Å². The number of amidine groups is 1. The van der Waals surface area contributed by atoms with Crippen molar-refractivity contribution in [2.24, 2.45) is 10.7 Å². The van der Waals surface area contributed by atoms with Gasteiger partial charge in [-0.25, -0.2) is 0 Å². The van der Waals surface area contributed by atoms with E-state index in [2.05, 4.69) is 10.3 Å². The van der Waals surface area contributed by atoms with Gasteiger partial charge in [0, 0.05) is 18.2 Å². The molecular weight excluding hydrogens is 450 g/mol. The molecule has 2 aliphatic heterocycles. The molecular formula is C25H23N5O3S. The van der Waals surface area contributed by atoms with E-state index in [1.165, 1.54) is 11.8 Å². The summed E-state index contributed by atoms with van der Waals surface area (Å²) < 4.78 is 7.24. The molecule has 0 bridgehead atoms. The minimum atomic E-state index is -0.932. The molecule has 0 fully saturated rings. The third-order valence-electron chi connectivity index (χ3n) is 6.27. The number of nitrogens with two attached hydrogens (primary N) is 1. The summed E-state index contributed by atoms with van der Waals surface area (Å²) in [6, 6.07) is 15.2. The highest BCUT2D eigenvalue weighted by Gasteiger charge is 2.49. The molecule has 172 valence electrons. The Kier molecular flexibility index (Phi) is 5.49. The lowest BCUT2D eigenvalue weighted by atomic mass is 9.72. The molecule has 8 nitrogen and oxygen atoms in total. The Bertz CT molecular complexity index is 1410. The van der Waals surface area contributed by atoms with E-state index < -0.39 is 17.2 Å². The monoisotopic (exact) mass is 473 g/mol. The van der Waals surface area contributed by atoms with E-state index in [1.54, 1.807) is 17.9 Å². The van der Waals surface area contributed by atoms with Crippen LogP contribution in [-0.2, 0) is 15.0 Å². The number of hydrogen-bond acceptors (Lipinski definition) is 6. The normalized spacial score (nSPS) is 19.1. The lowest BCUT2D eigenvalue weighted by molar-refractivity contribution is -0.123. The number of rotatable bonds is 7. The Morgan fingerprint density at radius 1 is 1.21 bits per heavy atom. The van der Waals surface area contributed by atoms with Gasteiger partial charge in [-0.15, -0.1) is 0 Å². The zero-order valence-electron chi connectivity index (χ0n) is 18.5. The van der Waals surface area contributed by atoms with Crippen LogP contribution in [0.2, 0.25) is 0 Å². The number of carbonyl (C=O) groups excluding carboxylic acids is 2. The first-order valence-corrected chi connectivity index (χ1v) is 11.8. The average molecular weight is 474 g/mol. The number of ether oxygens (including phenoxy) is 1. The van der Waals surface area contributed by atoms with Crippen LogP contribution in [-0.4, -0.2) is 40.6 Å². The van der Waals surface area contributed by atoms with Crippen LogP contribution in [0.3, 0.4) is 0 Å². The van der Waals surface area contributed by atoms with Gasteiger partial charge in [-0.3, -0.25) is 25.3 Å². The quantitative estimate of drug-likeness (QED) is 0.210. The number of fused-ring (bicyclic) bond motifs is 2. The van der Waals surface area contributed by atoms with Crippen LogP contribution in [0.4, 0.5) is 5.69 Å². The largest absolute Gasteiger partial charge is 0.497 e. The highest BCUT2D eigenvalue weighted by Crippen LogP contribution is 2.49. The molecule has 0 radical (unpaired) electrons. The molecule has 0 saturated heterocycles. The van der Waals surface area contributed by atoms with E-state index in [1.807, 2.05) is 54.7 Å². The molecule has 2 aliphatic rings. The van der Waals surface area contributed by atoms with E-state index in [0.717, 1.165) is 22.2 Å². The third-order valence-corrected chi connectivity index (χ3v) is 7.08. The number of imide groups is 1. The highest BCUT2D eigenvalue weighted by molar-refractivity contribution is 8.13. The maximum absolute atomic E-state index is 13.4. The van der Waals surface area contributed by atoms with Crippen LogP contribution in [0.15, 0.2) is 65.3 Å². The molecule has 3 aromatic rings. The van der Waals surface area contributed by atoms with Crippen molar-refractivity contribution >= 4 is 57.2 Å². The molecule has 4 N–H and O–H groups in total. The summed E-state index contributed by atoms with van der Waals surface area (Å²) in [6.45, 7) is 0. The lowest BCUT2D eigenvalue weighted by Crippen LogP contribution is -2.35. The minimum absolute atomic E-state index is 0.0451. The van der Waals surface area contributed by atoms with Gasteiger partial charge < -0.3 is 15.0 Å². The van der Waals surface area contributed by atoms with Gasteiger partial charge in [-0.1, -0.05) is 30.0 Å². The molecule has 2 aromatic carbocycles. The van der Waals surface area contributed by atoms with Crippen molar-refractivity contribution in [3.63, 3.8) is 0 Å². The van der Waals surface area contributed by atoms with Crippen molar-refractivity contribution in [2.75, 3.05) is 12.9 Å². The fourth-order valence-electron chi connectivity index (χ4n) is 4.79. The fraction of sp³-hybridized carbons (Fsp3) is 0.200. The predicted octanol–water partition coefficient (Wildman–Crippen LogP) is 3.58. The van der Waals surface area contributed by atoms with Crippen molar-refractivity contribution in [3.8, 4) is 5.75 Å². The smallest absolute Gasteiger partial charge is 0.275 e. The second-order valence-corrected chi connectivity index (χ2v) is 9.32. The number of benzene rings is 2. The van der Waals surface area contributed by atoms with Gasteiger partial charge in [0.15, 0.2) is 5.17 Å². The topological polar surface area (TPSA) is 123 Å². The maximum Gasteiger partial charge on any atom is 0.275 e. The van der Waals surface area contributed by atoms with Crippen LogP contribution >= 0.6 is 11.8 Å². The predicted molar refractivity (Wildman–Crippen MR) is 135 cm³/mol. The van der Waals surface area contributed by atoms with Gasteiger partial charge in [-0.2, -0.15) is 0 Å². The van der Waals surface area contributed by atoms with Crippen molar-refractivity contribution in [3.05, 3.63) is 65.9 Å². The van der Waals surface area contributed by atoms with Crippen LogP contribution in [0, 0.1) is 5.41 Å². The molecule has 0 spiro atoms. The summed E-state index contributed by atoms with van der Waals surface area (Å²) in [5.41, 5.74) is 7.63. The highest BCUT2D eigenvalue weighted by atomic mass is 32.2. The van der Waals surface area contributed by atoms with E-state index in [9.17, 15) is 9.59 Å². The standard InChI is InChI=1S/C25H23N5O3S/c1-33-16-7-8-18-17(13-16)25(14-28-18,10-4-12-34-24(26)27)20-21(23(32)29-22(20)31)30-11-9-15-5-2-3-6-19(15)30/h2-3,5-9,11,13-14H,4,10,12H2,1H3,(H3,26,27)(H,29,31,32). The zero-order chi connectivity index (χ0) is 23.9. The number of para-hydroxylation sites is 1. The van der Waals surface area contributed by atoms with Gasteiger partial charge in [0.25, 0.3) is 11.8 Å². The summed E-state index contributed by atoms with van der Waals surface area (Å²) in [5.74, 6) is 0.377. The summed E-state index contributed by atoms with van der Waals surface area (Å²) >= 11 is 1.25. The van der Waals surface area contributed by atoms with E-state index in [0.29, 0.717) is 35.6 Å². The second-order valence-electron chi connectivity index (χ2n) is 8.18. The summed E-state index contributed by atoms with van der Waals surface area (Å²) in [4.78, 5) is 31.2. The number of carbonyl (C=O) groups is 2. The van der Waals surface area contributed by atoms with Crippen molar-refractivity contribution in [1.29, 1.82) is 5.41 Å². The Hall–Kier alpha value is -3.85. The SMILES string of the molecule is COc1ccc2c(c1)C(CCCSC(=N)N)(C1=C(n3ccc4ccccc43)C(=O)NC1=O)C=N2. The molecule has 0 saturated carbocycles. The zero-order valence-corrected chi connectivity index (χ0v) is 19.3. The van der Waals surface area contributed by atoms with Crippen LogP contribution in [0.1, 0.15) is 18.4 Å². The fourth-order valence-corrected chi connectivity index (χ4v) is 5.29.